The molecule has 0 saturated heterocycles. The molecule has 0 aliphatic heterocycles. The molecule has 0 unspecified atom stereocenters. The molecule has 1 aromatic rings. The molecule has 96 valence electrons. The van der Waals surface area contributed by atoms with Crippen LogP contribution in [0.25, 0.3) is 0 Å². The molecule has 0 atom stereocenters. The van der Waals surface area contributed by atoms with Crippen molar-refractivity contribution in [2.45, 2.75) is 26.4 Å². The lowest BCUT2D eigenvalue weighted by molar-refractivity contribution is 0.100. The quantitative estimate of drug-likeness (QED) is 0.722. The normalized spacial score (nSPS) is 11.4. The summed E-state index contributed by atoms with van der Waals surface area (Å²) in [6.45, 7) is 7.12. The summed E-state index contributed by atoms with van der Waals surface area (Å²) in [5.41, 5.74) is 5.80. The first-order valence-corrected chi connectivity index (χ1v) is 6.67. The molecule has 5 heteroatoms. The number of hydrogen-bond acceptors (Lipinski definition) is 4. The first-order chi connectivity index (χ1) is 8.00. The minimum atomic E-state index is -0.355. The highest BCUT2D eigenvalue weighted by molar-refractivity contribution is 7.10. The molecule has 0 spiro atoms. The highest BCUT2D eigenvalue weighted by Crippen LogP contribution is 2.13. The van der Waals surface area contributed by atoms with Crippen LogP contribution in [-0.4, -0.2) is 37.0 Å². The van der Waals surface area contributed by atoms with Crippen LogP contribution in [-0.2, 0) is 6.54 Å². The molecule has 1 rings (SSSR count). The SMILES string of the molecule is CC(C)N(C)CCNCc1cc(C(N)=O)cs1. The zero-order valence-corrected chi connectivity index (χ0v) is 11.5. The van der Waals surface area contributed by atoms with Gasteiger partial charge < -0.3 is 16.0 Å². The molecule has 0 fully saturated rings. The van der Waals surface area contributed by atoms with Gasteiger partial charge >= 0.3 is 0 Å². The third-order valence-electron chi connectivity index (χ3n) is 2.76. The molecule has 0 aliphatic carbocycles. The van der Waals surface area contributed by atoms with Gasteiger partial charge in [-0.25, -0.2) is 0 Å². The highest BCUT2D eigenvalue weighted by atomic mass is 32.1. The summed E-state index contributed by atoms with van der Waals surface area (Å²) < 4.78 is 0. The Kier molecular flexibility index (Phi) is 5.61. The van der Waals surface area contributed by atoms with Crippen molar-refractivity contribution in [3.05, 3.63) is 21.9 Å². The molecule has 17 heavy (non-hydrogen) atoms. The number of primary amides is 1. The van der Waals surface area contributed by atoms with E-state index in [4.69, 9.17) is 5.73 Å². The van der Waals surface area contributed by atoms with Gasteiger partial charge in [0.25, 0.3) is 0 Å². The van der Waals surface area contributed by atoms with Gasteiger partial charge in [0.15, 0.2) is 0 Å². The Bertz CT molecular complexity index is 362. The molecule has 0 aromatic carbocycles. The topological polar surface area (TPSA) is 58.4 Å². The summed E-state index contributed by atoms with van der Waals surface area (Å²) in [5.74, 6) is -0.355. The Balaban J connectivity index is 2.24. The molecule has 1 heterocycles. The van der Waals surface area contributed by atoms with Gasteiger partial charge in [-0.15, -0.1) is 11.3 Å². The Hall–Kier alpha value is -0.910. The van der Waals surface area contributed by atoms with Crippen molar-refractivity contribution in [3.8, 4) is 0 Å². The van der Waals surface area contributed by atoms with Gasteiger partial charge in [0.2, 0.25) is 5.91 Å². The van der Waals surface area contributed by atoms with Gasteiger partial charge in [-0.1, -0.05) is 0 Å². The van der Waals surface area contributed by atoms with E-state index in [1.54, 1.807) is 16.7 Å². The van der Waals surface area contributed by atoms with Crippen molar-refractivity contribution in [2.75, 3.05) is 20.1 Å². The number of carbonyl (C=O) groups excluding carboxylic acids is 1. The minimum Gasteiger partial charge on any atom is -0.366 e. The summed E-state index contributed by atoms with van der Waals surface area (Å²) in [4.78, 5) is 14.3. The maximum Gasteiger partial charge on any atom is 0.249 e. The van der Waals surface area contributed by atoms with Crippen LogP contribution in [0.4, 0.5) is 0 Å². The molecular weight excluding hydrogens is 234 g/mol. The van der Waals surface area contributed by atoms with Gasteiger partial charge in [-0.2, -0.15) is 0 Å². The maximum absolute atomic E-state index is 10.9. The Labute approximate surface area is 107 Å². The number of hydrogen-bond donors (Lipinski definition) is 2. The molecule has 0 saturated carbocycles. The Morgan fingerprint density at radius 2 is 2.29 bits per heavy atom. The fourth-order valence-electron chi connectivity index (χ4n) is 1.33. The molecule has 4 nitrogen and oxygen atoms in total. The van der Waals surface area contributed by atoms with Crippen molar-refractivity contribution < 1.29 is 4.79 Å². The van der Waals surface area contributed by atoms with Crippen molar-refractivity contribution in [1.82, 2.24) is 10.2 Å². The summed E-state index contributed by atoms with van der Waals surface area (Å²) in [5, 5.41) is 5.16. The van der Waals surface area contributed by atoms with E-state index in [1.165, 1.54) is 0 Å². The second-order valence-electron chi connectivity index (χ2n) is 4.42. The van der Waals surface area contributed by atoms with Crippen molar-refractivity contribution in [2.24, 2.45) is 5.73 Å². The number of likely N-dealkylation sites (N-methyl/N-ethyl adjacent to an activating group) is 1. The number of carbonyl (C=O) groups is 1. The van der Waals surface area contributed by atoms with Crippen LogP contribution >= 0.6 is 11.3 Å². The van der Waals surface area contributed by atoms with Gasteiger partial charge in [0.05, 0.1) is 5.56 Å². The van der Waals surface area contributed by atoms with Gasteiger partial charge in [-0.3, -0.25) is 4.79 Å². The number of nitrogens with one attached hydrogen (secondary N) is 1. The zero-order chi connectivity index (χ0) is 12.8. The van der Waals surface area contributed by atoms with Crippen LogP contribution in [0.5, 0.6) is 0 Å². The number of thiophene rings is 1. The molecule has 3 N–H and O–H groups in total. The fraction of sp³-hybridized carbons (Fsp3) is 0.583. The standard InChI is InChI=1S/C12H21N3OS/c1-9(2)15(3)5-4-14-7-11-6-10(8-17-11)12(13)16/h6,8-9,14H,4-5,7H2,1-3H3,(H2,13,16). The van der Waals surface area contributed by atoms with E-state index >= 15 is 0 Å². The van der Waals surface area contributed by atoms with Crippen LogP contribution in [0.2, 0.25) is 0 Å². The van der Waals surface area contributed by atoms with Crippen LogP contribution in [0, 0.1) is 0 Å². The second kappa shape index (κ2) is 6.74. The number of amides is 1. The molecular formula is C12H21N3OS. The van der Waals surface area contributed by atoms with Crippen LogP contribution in [0.15, 0.2) is 11.4 Å². The second-order valence-corrected chi connectivity index (χ2v) is 5.41. The van der Waals surface area contributed by atoms with E-state index in [2.05, 4.69) is 31.1 Å². The summed E-state index contributed by atoms with van der Waals surface area (Å²) >= 11 is 1.57. The number of nitrogens with two attached hydrogens (primary N) is 1. The Morgan fingerprint density at radius 3 is 2.82 bits per heavy atom. The molecule has 0 radical (unpaired) electrons. The van der Waals surface area contributed by atoms with Crippen LogP contribution < -0.4 is 11.1 Å². The van der Waals surface area contributed by atoms with E-state index < -0.39 is 0 Å². The first kappa shape index (κ1) is 14.2. The van der Waals surface area contributed by atoms with E-state index in [9.17, 15) is 4.79 Å². The number of rotatable bonds is 7. The monoisotopic (exact) mass is 255 g/mol. The van der Waals surface area contributed by atoms with Crippen molar-refractivity contribution in [3.63, 3.8) is 0 Å². The number of nitrogens with zero attached hydrogens (tertiary/aromatic N) is 1. The summed E-state index contributed by atoms with van der Waals surface area (Å²) in [6, 6.07) is 2.42. The predicted octanol–water partition coefficient (Wildman–Crippen LogP) is 1.28. The van der Waals surface area contributed by atoms with Crippen LogP contribution in [0.3, 0.4) is 0 Å². The largest absolute Gasteiger partial charge is 0.366 e. The smallest absolute Gasteiger partial charge is 0.249 e. The van der Waals surface area contributed by atoms with Crippen LogP contribution in [0.1, 0.15) is 29.1 Å². The zero-order valence-electron chi connectivity index (χ0n) is 10.7. The molecule has 1 amide bonds. The summed E-state index contributed by atoms with van der Waals surface area (Å²) in [6.07, 6.45) is 0. The molecule has 0 aliphatic rings. The first-order valence-electron chi connectivity index (χ1n) is 5.79. The lowest BCUT2D eigenvalue weighted by Gasteiger charge is -2.20. The maximum atomic E-state index is 10.9. The fourth-order valence-corrected chi connectivity index (χ4v) is 2.17. The predicted molar refractivity (Wildman–Crippen MR) is 72.3 cm³/mol. The lowest BCUT2D eigenvalue weighted by Crippen LogP contribution is -2.33. The average Bonchev–Trinajstić information content (AvgIpc) is 2.72. The van der Waals surface area contributed by atoms with E-state index in [1.807, 2.05) is 6.07 Å². The van der Waals surface area contributed by atoms with E-state index in [-0.39, 0.29) is 5.91 Å². The highest BCUT2D eigenvalue weighted by Gasteiger charge is 2.05. The molecule has 0 bridgehead atoms. The van der Waals surface area contributed by atoms with Gasteiger partial charge in [-0.05, 0) is 27.0 Å². The molecule has 1 aromatic heterocycles. The minimum absolute atomic E-state index is 0.355. The Morgan fingerprint density at radius 1 is 1.59 bits per heavy atom. The van der Waals surface area contributed by atoms with E-state index in [0.29, 0.717) is 11.6 Å². The van der Waals surface area contributed by atoms with E-state index in [0.717, 1.165) is 24.5 Å². The van der Waals surface area contributed by atoms with Gasteiger partial charge in [0.1, 0.15) is 0 Å². The van der Waals surface area contributed by atoms with Gasteiger partial charge in [0, 0.05) is 35.9 Å². The third kappa shape index (κ3) is 4.85. The van der Waals surface area contributed by atoms with Crippen molar-refractivity contribution >= 4 is 17.2 Å². The van der Waals surface area contributed by atoms with Crippen molar-refractivity contribution in [1.29, 1.82) is 0 Å². The summed E-state index contributed by atoms with van der Waals surface area (Å²) in [7, 11) is 2.11. The lowest BCUT2D eigenvalue weighted by atomic mass is 10.3. The average molecular weight is 255 g/mol. The third-order valence-corrected chi connectivity index (χ3v) is 3.70.